The molecule has 0 aliphatic rings. The van der Waals surface area contributed by atoms with Gasteiger partial charge in [-0.15, -0.1) is 0 Å². The van der Waals surface area contributed by atoms with Gasteiger partial charge in [0.05, 0.1) is 16.1 Å². The van der Waals surface area contributed by atoms with Gasteiger partial charge in [-0.1, -0.05) is 37.9 Å². The number of carbonyl (C=O) groups is 1. The molecule has 196 valence electrons. The highest BCUT2D eigenvalue weighted by Gasteiger charge is 2.16. The van der Waals surface area contributed by atoms with Crippen molar-refractivity contribution in [2.24, 2.45) is 0 Å². The molecular weight excluding hydrogens is 470 g/mol. The lowest BCUT2D eigenvalue weighted by molar-refractivity contribution is -0.131. The van der Waals surface area contributed by atoms with Crippen molar-refractivity contribution in [3.8, 4) is 11.4 Å². The predicted molar refractivity (Wildman–Crippen MR) is 153 cm³/mol. The summed E-state index contributed by atoms with van der Waals surface area (Å²) in [5.41, 5.74) is 5.05. The normalized spacial score (nSPS) is 11.4. The third-order valence-electron chi connectivity index (χ3n) is 6.66. The van der Waals surface area contributed by atoms with E-state index in [1.54, 1.807) is 0 Å². The van der Waals surface area contributed by atoms with Crippen LogP contribution in [-0.2, 0) is 4.79 Å². The lowest BCUT2D eigenvalue weighted by Crippen LogP contribution is -2.38. The summed E-state index contributed by atoms with van der Waals surface area (Å²) in [6, 6.07) is 12.2. The van der Waals surface area contributed by atoms with Crippen LogP contribution in [0.2, 0.25) is 5.02 Å². The maximum atomic E-state index is 12.9. The van der Waals surface area contributed by atoms with Crippen molar-refractivity contribution in [1.29, 1.82) is 0 Å². The molecule has 1 aromatic heterocycles. The van der Waals surface area contributed by atoms with Crippen LogP contribution in [0.15, 0.2) is 36.4 Å². The Balaban J connectivity index is 1.62. The van der Waals surface area contributed by atoms with Gasteiger partial charge in [0, 0.05) is 44.4 Å². The average molecular weight is 512 g/mol. The molecule has 0 fully saturated rings. The molecule has 0 saturated heterocycles. The first kappa shape index (κ1) is 28.0. The number of aryl methyl sites for hydroxylation is 1. The molecule has 0 unspecified atom stereocenters. The van der Waals surface area contributed by atoms with E-state index in [1.165, 1.54) is 18.4 Å². The Morgan fingerprint density at radius 3 is 2.47 bits per heavy atom. The molecule has 0 bridgehead atoms. The number of H-pyrrole nitrogens is 1. The van der Waals surface area contributed by atoms with Gasteiger partial charge in [0.2, 0.25) is 5.91 Å². The number of amides is 1. The number of aromatic amines is 1. The molecule has 1 amide bonds. The number of halogens is 1. The molecule has 0 saturated carbocycles. The highest BCUT2D eigenvalue weighted by molar-refractivity contribution is 6.33. The number of carbonyl (C=O) groups excluding carboxylic acids is 1. The predicted octanol–water partition coefficient (Wildman–Crippen LogP) is 6.38. The van der Waals surface area contributed by atoms with Gasteiger partial charge in [-0.2, -0.15) is 0 Å². The standard InChI is InChI=1S/C29H42ClN5O/c1-6-8-16-33(4)17-9-10-28(36)35(15-7-2)19-18-34(5)23-12-13-25(30)24(21-23)29-31-26-14-11-22(3)20-27(26)32-29/h11-14,20-21H,6-10,15-19H2,1-5H3,(H,31,32). The molecule has 7 heteroatoms. The van der Waals surface area contributed by atoms with E-state index in [0.29, 0.717) is 18.0 Å². The maximum absolute atomic E-state index is 12.9. The van der Waals surface area contributed by atoms with Crippen molar-refractivity contribution in [3.05, 3.63) is 47.0 Å². The fourth-order valence-corrected chi connectivity index (χ4v) is 4.62. The zero-order valence-corrected chi connectivity index (χ0v) is 23.4. The van der Waals surface area contributed by atoms with Crippen LogP contribution in [0.4, 0.5) is 5.69 Å². The molecule has 0 atom stereocenters. The van der Waals surface area contributed by atoms with Gasteiger partial charge in [-0.05, 0) is 82.2 Å². The SMILES string of the molecule is CCCCN(C)CCCC(=O)N(CCC)CCN(C)c1ccc(Cl)c(-c2nc3ccc(C)cc3[nH]2)c1. The number of likely N-dealkylation sites (N-methyl/N-ethyl adjacent to an activating group) is 1. The van der Waals surface area contributed by atoms with Crippen LogP contribution in [0.5, 0.6) is 0 Å². The van der Waals surface area contributed by atoms with Gasteiger partial charge < -0.3 is 19.7 Å². The van der Waals surface area contributed by atoms with E-state index in [2.05, 4.69) is 67.8 Å². The van der Waals surface area contributed by atoms with Crippen molar-refractivity contribution >= 4 is 34.2 Å². The molecule has 3 rings (SSSR count). The van der Waals surface area contributed by atoms with Gasteiger partial charge in [0.15, 0.2) is 0 Å². The van der Waals surface area contributed by atoms with E-state index in [4.69, 9.17) is 16.6 Å². The summed E-state index contributed by atoms with van der Waals surface area (Å²) in [4.78, 5) is 27.6. The monoisotopic (exact) mass is 511 g/mol. The quantitative estimate of drug-likeness (QED) is 0.273. The molecule has 36 heavy (non-hydrogen) atoms. The third-order valence-corrected chi connectivity index (χ3v) is 6.99. The van der Waals surface area contributed by atoms with Crippen molar-refractivity contribution in [2.75, 3.05) is 51.7 Å². The Morgan fingerprint density at radius 2 is 1.72 bits per heavy atom. The fraction of sp³-hybridized carbons (Fsp3) is 0.517. The van der Waals surface area contributed by atoms with Crippen molar-refractivity contribution in [1.82, 2.24) is 19.8 Å². The Hall–Kier alpha value is -2.57. The van der Waals surface area contributed by atoms with Crippen LogP contribution in [0.25, 0.3) is 22.4 Å². The number of benzene rings is 2. The number of fused-ring (bicyclic) bond motifs is 1. The minimum Gasteiger partial charge on any atom is -0.373 e. The van der Waals surface area contributed by atoms with Crippen molar-refractivity contribution in [3.63, 3.8) is 0 Å². The second-order valence-corrected chi connectivity index (χ2v) is 10.2. The van der Waals surface area contributed by atoms with Gasteiger partial charge in [0.25, 0.3) is 0 Å². The van der Waals surface area contributed by atoms with Crippen molar-refractivity contribution < 1.29 is 4.79 Å². The molecule has 0 aliphatic carbocycles. The Labute approximate surface area is 221 Å². The summed E-state index contributed by atoms with van der Waals surface area (Å²) in [5, 5.41) is 0.662. The number of anilines is 1. The van der Waals surface area contributed by atoms with Gasteiger partial charge >= 0.3 is 0 Å². The van der Waals surface area contributed by atoms with Crippen LogP contribution in [0, 0.1) is 6.92 Å². The summed E-state index contributed by atoms with van der Waals surface area (Å²) < 4.78 is 0. The lowest BCUT2D eigenvalue weighted by Gasteiger charge is -2.27. The highest BCUT2D eigenvalue weighted by atomic mass is 35.5. The molecule has 6 nitrogen and oxygen atoms in total. The van der Waals surface area contributed by atoms with E-state index >= 15 is 0 Å². The molecular formula is C29H42ClN5O. The largest absolute Gasteiger partial charge is 0.373 e. The molecule has 2 aromatic carbocycles. The molecule has 1 heterocycles. The van der Waals surface area contributed by atoms with E-state index in [1.807, 2.05) is 23.1 Å². The number of nitrogens with one attached hydrogen (secondary N) is 1. The lowest BCUT2D eigenvalue weighted by atomic mass is 10.1. The smallest absolute Gasteiger partial charge is 0.222 e. The van der Waals surface area contributed by atoms with Crippen LogP contribution in [0.3, 0.4) is 0 Å². The second kappa shape index (κ2) is 13.7. The average Bonchev–Trinajstić information content (AvgIpc) is 3.28. The molecule has 3 aromatic rings. The minimum absolute atomic E-state index is 0.253. The number of hydrogen-bond donors (Lipinski definition) is 1. The number of unbranched alkanes of at least 4 members (excludes halogenated alkanes) is 1. The summed E-state index contributed by atoms with van der Waals surface area (Å²) in [7, 11) is 4.21. The summed E-state index contributed by atoms with van der Waals surface area (Å²) >= 11 is 6.57. The Kier molecular flexibility index (Phi) is 10.6. The van der Waals surface area contributed by atoms with Gasteiger partial charge in [0.1, 0.15) is 5.82 Å². The fourth-order valence-electron chi connectivity index (χ4n) is 4.41. The van der Waals surface area contributed by atoms with Crippen LogP contribution >= 0.6 is 11.6 Å². The number of imidazole rings is 1. The van der Waals surface area contributed by atoms with Crippen LogP contribution in [-0.4, -0.2) is 72.5 Å². The number of aromatic nitrogens is 2. The zero-order chi connectivity index (χ0) is 26.1. The first-order chi connectivity index (χ1) is 17.3. The molecule has 0 radical (unpaired) electrons. The summed E-state index contributed by atoms with van der Waals surface area (Å²) in [6.45, 7) is 10.7. The number of rotatable bonds is 14. The third kappa shape index (κ3) is 7.71. The molecule has 0 spiro atoms. The van der Waals surface area contributed by atoms with E-state index in [-0.39, 0.29) is 5.91 Å². The van der Waals surface area contributed by atoms with Gasteiger partial charge in [-0.3, -0.25) is 4.79 Å². The molecule has 1 N–H and O–H groups in total. The Morgan fingerprint density at radius 1 is 0.944 bits per heavy atom. The second-order valence-electron chi connectivity index (χ2n) is 9.83. The number of nitrogens with zero attached hydrogens (tertiary/aromatic N) is 4. The van der Waals surface area contributed by atoms with Gasteiger partial charge in [-0.25, -0.2) is 4.98 Å². The first-order valence-electron chi connectivity index (χ1n) is 13.3. The Bertz CT molecular complexity index is 1130. The zero-order valence-electron chi connectivity index (χ0n) is 22.6. The van der Waals surface area contributed by atoms with E-state index in [0.717, 1.165) is 67.1 Å². The van der Waals surface area contributed by atoms with E-state index in [9.17, 15) is 4.79 Å². The van der Waals surface area contributed by atoms with Crippen molar-refractivity contribution in [2.45, 2.75) is 52.9 Å². The maximum Gasteiger partial charge on any atom is 0.222 e. The summed E-state index contributed by atoms with van der Waals surface area (Å²) in [6.07, 6.45) is 4.89. The van der Waals surface area contributed by atoms with E-state index < -0.39 is 0 Å². The topological polar surface area (TPSA) is 55.5 Å². The molecule has 0 aliphatic heterocycles. The van der Waals surface area contributed by atoms with Crippen LogP contribution < -0.4 is 4.90 Å². The first-order valence-corrected chi connectivity index (χ1v) is 13.6. The number of hydrogen-bond acceptors (Lipinski definition) is 4. The highest BCUT2D eigenvalue weighted by Crippen LogP contribution is 2.31. The summed E-state index contributed by atoms with van der Waals surface area (Å²) in [5.74, 6) is 1.02. The van der Waals surface area contributed by atoms with Crippen LogP contribution in [0.1, 0.15) is 51.5 Å². The minimum atomic E-state index is 0.253.